The van der Waals surface area contributed by atoms with E-state index in [1.807, 2.05) is 0 Å². The molecular formula is C22H51N3P+. The van der Waals surface area contributed by atoms with Gasteiger partial charge in [0.2, 0.25) is 7.71 Å². The van der Waals surface area contributed by atoms with Crippen molar-refractivity contribution >= 4 is 7.71 Å². The second-order valence-corrected chi connectivity index (χ2v) is 10.8. The average Bonchev–Trinajstić information content (AvgIpc) is 2.66. The topological polar surface area (TPSA) is 9.72 Å². The van der Waals surface area contributed by atoms with Gasteiger partial charge in [-0.3, -0.25) is 0 Å². The molecule has 0 bridgehead atoms. The van der Waals surface area contributed by atoms with Crippen molar-refractivity contribution in [3.63, 3.8) is 0 Å². The van der Waals surface area contributed by atoms with Crippen molar-refractivity contribution in [1.29, 1.82) is 0 Å². The molecule has 4 heteroatoms. The molecule has 0 saturated heterocycles. The zero-order chi connectivity index (χ0) is 19.8. The Morgan fingerprint density at radius 1 is 0.423 bits per heavy atom. The summed E-state index contributed by atoms with van der Waals surface area (Å²) in [6.07, 6.45) is 12.7. The van der Waals surface area contributed by atoms with Crippen LogP contribution < -0.4 is 0 Å². The number of nitrogens with zero attached hydrogens (tertiary/aromatic N) is 3. The van der Waals surface area contributed by atoms with Crippen LogP contribution in [0.25, 0.3) is 0 Å². The lowest BCUT2D eigenvalue weighted by atomic mass is 10.1. The molecule has 0 amide bonds. The van der Waals surface area contributed by atoms with Crippen LogP contribution in [0.15, 0.2) is 0 Å². The summed E-state index contributed by atoms with van der Waals surface area (Å²) >= 11 is 0. The molecule has 0 N–H and O–H groups in total. The highest BCUT2D eigenvalue weighted by Crippen LogP contribution is 2.67. The molecule has 26 heavy (non-hydrogen) atoms. The fraction of sp³-hybridized carbons (Fsp3) is 1.00. The maximum atomic E-state index is 2.83. The molecule has 0 aromatic carbocycles. The van der Waals surface area contributed by atoms with E-state index in [2.05, 4.69) is 62.5 Å². The molecule has 0 fully saturated rings. The first-order valence-electron chi connectivity index (χ1n) is 11.8. The summed E-state index contributed by atoms with van der Waals surface area (Å²) in [6.45, 7) is 23.5. The molecule has 0 atom stereocenters. The Morgan fingerprint density at radius 3 is 1.04 bits per heavy atom. The van der Waals surface area contributed by atoms with Crippen LogP contribution in [0.3, 0.4) is 0 Å². The van der Waals surface area contributed by atoms with Crippen LogP contribution in [0.4, 0.5) is 0 Å². The van der Waals surface area contributed by atoms with Crippen LogP contribution in [-0.2, 0) is 0 Å². The lowest BCUT2D eigenvalue weighted by Crippen LogP contribution is -2.46. The van der Waals surface area contributed by atoms with Gasteiger partial charge in [-0.15, -0.1) is 14.0 Å². The molecule has 0 spiro atoms. The molecule has 0 aromatic rings. The molecule has 3 nitrogen and oxygen atoms in total. The molecule has 0 unspecified atom stereocenters. The van der Waals surface area contributed by atoms with Gasteiger partial charge in [0.15, 0.2) is 0 Å². The Kier molecular flexibility index (Phi) is 16.5. The zero-order valence-electron chi connectivity index (χ0n) is 19.4. The maximum Gasteiger partial charge on any atom is 0.227 e. The smallest absolute Gasteiger partial charge is 0.149 e. The monoisotopic (exact) mass is 388 g/mol. The van der Waals surface area contributed by atoms with Crippen molar-refractivity contribution < 1.29 is 0 Å². The van der Waals surface area contributed by atoms with E-state index >= 15 is 0 Å². The predicted molar refractivity (Wildman–Crippen MR) is 123 cm³/mol. The molecular weight excluding hydrogens is 337 g/mol. The highest BCUT2D eigenvalue weighted by molar-refractivity contribution is 7.69. The fourth-order valence-electron chi connectivity index (χ4n) is 4.45. The summed E-state index contributed by atoms with van der Waals surface area (Å²) in [5, 5.41) is 0. The summed E-state index contributed by atoms with van der Waals surface area (Å²) in [7, 11) is -1.39. The van der Waals surface area contributed by atoms with E-state index in [-0.39, 0.29) is 0 Å². The normalized spacial score (nSPS) is 12.7. The van der Waals surface area contributed by atoms with Gasteiger partial charge in [-0.25, -0.2) is 0 Å². The Hall–Kier alpha value is 0.310. The molecule has 0 saturated carbocycles. The Balaban J connectivity index is 5.05. The van der Waals surface area contributed by atoms with E-state index in [0.29, 0.717) is 0 Å². The molecule has 0 aliphatic heterocycles. The highest BCUT2D eigenvalue weighted by atomic mass is 31.2. The Morgan fingerprint density at radius 2 is 0.731 bits per heavy atom. The van der Waals surface area contributed by atoms with Gasteiger partial charge in [0.05, 0.1) is 0 Å². The first-order chi connectivity index (χ1) is 12.6. The van der Waals surface area contributed by atoms with Crippen molar-refractivity contribution in [2.45, 2.75) is 99.8 Å². The molecule has 0 aliphatic rings. The predicted octanol–water partition coefficient (Wildman–Crippen LogP) is 6.92. The third-order valence-electron chi connectivity index (χ3n) is 5.86. The first kappa shape index (κ1) is 26.3. The van der Waals surface area contributed by atoms with Gasteiger partial charge in [-0.05, 0) is 54.4 Å². The maximum absolute atomic E-state index is 2.83. The minimum Gasteiger partial charge on any atom is -0.149 e. The van der Waals surface area contributed by atoms with Crippen molar-refractivity contribution in [3.8, 4) is 0 Å². The standard InChI is InChI=1S/C22H51N3P/c1-8-15-16-17-18-19-20-21-22-26(23(9-2)10-3,24(11-4)12-5)25(13-6)14-7/h8-22H2,1-7H3/q+1. The van der Waals surface area contributed by atoms with Gasteiger partial charge < -0.3 is 0 Å². The van der Waals surface area contributed by atoms with Gasteiger partial charge in [-0.2, -0.15) is 0 Å². The summed E-state index contributed by atoms with van der Waals surface area (Å²) < 4.78 is 8.48. The van der Waals surface area contributed by atoms with E-state index in [4.69, 9.17) is 0 Å². The Labute approximate surface area is 167 Å². The van der Waals surface area contributed by atoms with Crippen molar-refractivity contribution in [3.05, 3.63) is 0 Å². The third-order valence-corrected chi connectivity index (χ3v) is 11.2. The van der Waals surface area contributed by atoms with Crippen molar-refractivity contribution in [1.82, 2.24) is 14.0 Å². The Bertz CT molecular complexity index is 268. The number of unbranched alkanes of at least 4 members (excludes halogenated alkanes) is 7. The van der Waals surface area contributed by atoms with Gasteiger partial charge >= 0.3 is 0 Å². The lowest BCUT2D eigenvalue weighted by molar-refractivity contribution is 0.327. The van der Waals surface area contributed by atoms with Gasteiger partial charge in [0.1, 0.15) is 6.16 Å². The first-order valence-corrected chi connectivity index (χ1v) is 13.6. The molecule has 158 valence electrons. The van der Waals surface area contributed by atoms with Crippen molar-refractivity contribution in [2.24, 2.45) is 0 Å². The summed E-state index contributed by atoms with van der Waals surface area (Å²) in [4.78, 5) is 0. The minimum atomic E-state index is -1.39. The van der Waals surface area contributed by atoms with E-state index in [9.17, 15) is 0 Å². The van der Waals surface area contributed by atoms with E-state index in [0.717, 1.165) is 0 Å². The SMILES string of the molecule is CCCCCCCCCC[P+](N(CC)CC)(N(CC)CC)N(CC)CC. The van der Waals surface area contributed by atoms with Crippen LogP contribution in [0.2, 0.25) is 0 Å². The average molecular weight is 389 g/mol. The number of hydrogen-bond acceptors (Lipinski definition) is 3. The zero-order valence-corrected chi connectivity index (χ0v) is 20.3. The largest absolute Gasteiger partial charge is 0.227 e. The summed E-state index contributed by atoms with van der Waals surface area (Å²) in [5.41, 5.74) is 0. The molecule has 0 radical (unpaired) electrons. The molecule has 0 rings (SSSR count). The van der Waals surface area contributed by atoms with Gasteiger partial charge in [-0.1, -0.05) is 45.4 Å². The second kappa shape index (κ2) is 16.3. The highest BCUT2D eigenvalue weighted by Gasteiger charge is 2.52. The minimum absolute atomic E-state index is 1.17. The van der Waals surface area contributed by atoms with Crippen LogP contribution >= 0.6 is 7.71 Å². The summed E-state index contributed by atoms with van der Waals surface area (Å²) in [6, 6.07) is 0. The quantitative estimate of drug-likeness (QED) is 0.186. The van der Waals surface area contributed by atoms with Crippen LogP contribution in [0.1, 0.15) is 99.8 Å². The van der Waals surface area contributed by atoms with Crippen LogP contribution in [-0.4, -0.2) is 59.4 Å². The number of rotatable bonds is 18. The van der Waals surface area contributed by atoms with Crippen LogP contribution in [0.5, 0.6) is 0 Å². The van der Waals surface area contributed by atoms with Gasteiger partial charge in [0.25, 0.3) is 0 Å². The lowest BCUT2D eigenvalue weighted by Gasteiger charge is -2.47. The van der Waals surface area contributed by atoms with Crippen LogP contribution in [0, 0.1) is 0 Å². The number of hydrogen-bond donors (Lipinski definition) is 0. The molecule has 0 aliphatic carbocycles. The van der Waals surface area contributed by atoms with E-state index in [1.54, 1.807) is 0 Å². The molecule has 0 heterocycles. The van der Waals surface area contributed by atoms with Gasteiger partial charge in [0, 0.05) is 39.3 Å². The third kappa shape index (κ3) is 7.74. The fourth-order valence-corrected chi connectivity index (χ4v) is 9.74. The van der Waals surface area contributed by atoms with E-state index < -0.39 is 7.71 Å². The van der Waals surface area contributed by atoms with E-state index in [1.165, 1.54) is 96.8 Å². The summed E-state index contributed by atoms with van der Waals surface area (Å²) in [5.74, 6) is 0. The molecule has 0 aromatic heterocycles. The second-order valence-electron chi connectivity index (χ2n) is 7.31. The van der Waals surface area contributed by atoms with Crippen molar-refractivity contribution in [2.75, 3.05) is 45.4 Å².